The van der Waals surface area contributed by atoms with Crippen molar-refractivity contribution in [1.82, 2.24) is 9.55 Å². The van der Waals surface area contributed by atoms with Gasteiger partial charge in [-0.2, -0.15) is 0 Å². The number of hydrogen-bond donors (Lipinski definition) is 0. The van der Waals surface area contributed by atoms with E-state index in [9.17, 15) is 0 Å². The molecular formula is C23H18Cl2N2O. The lowest BCUT2D eigenvalue weighted by molar-refractivity contribution is 0.415. The highest BCUT2D eigenvalue weighted by molar-refractivity contribution is 6.35. The van der Waals surface area contributed by atoms with Crippen LogP contribution in [0.25, 0.3) is 23.2 Å². The summed E-state index contributed by atoms with van der Waals surface area (Å²) < 4.78 is 7.37. The fraction of sp³-hybridized carbons (Fsp3) is 0.0870. The summed E-state index contributed by atoms with van der Waals surface area (Å²) in [6.07, 6.45) is 4.06. The first kappa shape index (κ1) is 18.6. The number of methoxy groups -OCH3 is 1. The summed E-state index contributed by atoms with van der Waals surface area (Å²) in [5.41, 5.74) is 4.07. The van der Waals surface area contributed by atoms with Crippen molar-refractivity contribution in [2.24, 2.45) is 0 Å². The van der Waals surface area contributed by atoms with E-state index in [0.717, 1.165) is 33.7 Å². The number of para-hydroxylation sites is 2. The third-order valence-electron chi connectivity index (χ3n) is 4.57. The molecule has 1 heterocycles. The lowest BCUT2D eigenvalue weighted by Crippen LogP contribution is -2.02. The lowest BCUT2D eigenvalue weighted by Gasteiger charge is -2.09. The molecule has 0 amide bonds. The number of aromatic nitrogens is 2. The van der Waals surface area contributed by atoms with Crippen LogP contribution in [0.3, 0.4) is 0 Å². The smallest absolute Gasteiger partial charge is 0.134 e. The zero-order valence-corrected chi connectivity index (χ0v) is 16.8. The first-order valence-corrected chi connectivity index (χ1v) is 9.61. The summed E-state index contributed by atoms with van der Waals surface area (Å²) >= 11 is 12.4. The van der Waals surface area contributed by atoms with E-state index in [4.69, 9.17) is 32.9 Å². The van der Waals surface area contributed by atoms with Crippen LogP contribution in [0.1, 0.15) is 17.0 Å². The summed E-state index contributed by atoms with van der Waals surface area (Å²) in [5.74, 6) is 1.70. The van der Waals surface area contributed by atoms with Crippen LogP contribution in [-0.2, 0) is 6.54 Å². The number of rotatable bonds is 5. The van der Waals surface area contributed by atoms with Crippen LogP contribution in [0.4, 0.5) is 0 Å². The molecule has 0 unspecified atom stereocenters. The second-order valence-corrected chi connectivity index (χ2v) is 7.23. The van der Waals surface area contributed by atoms with Crippen LogP contribution in [-0.4, -0.2) is 16.7 Å². The number of halogens is 2. The van der Waals surface area contributed by atoms with Crippen molar-refractivity contribution in [3.63, 3.8) is 0 Å². The molecule has 140 valence electrons. The summed E-state index contributed by atoms with van der Waals surface area (Å²) in [4.78, 5) is 4.79. The first-order valence-electron chi connectivity index (χ1n) is 8.85. The summed E-state index contributed by atoms with van der Waals surface area (Å²) in [7, 11) is 1.66. The van der Waals surface area contributed by atoms with E-state index in [0.29, 0.717) is 16.6 Å². The fourth-order valence-corrected chi connectivity index (χ4v) is 3.56. The van der Waals surface area contributed by atoms with E-state index in [1.807, 2.05) is 66.7 Å². The van der Waals surface area contributed by atoms with Gasteiger partial charge in [0.05, 0.1) is 24.7 Å². The summed E-state index contributed by atoms with van der Waals surface area (Å²) in [5, 5.41) is 1.28. The molecule has 1 aromatic heterocycles. The van der Waals surface area contributed by atoms with Gasteiger partial charge in [0.15, 0.2) is 0 Å². The Morgan fingerprint density at radius 1 is 0.964 bits per heavy atom. The number of ether oxygens (including phenoxy) is 1. The Balaban J connectivity index is 1.73. The minimum absolute atomic E-state index is 0.610. The third-order valence-corrected chi connectivity index (χ3v) is 5.16. The van der Waals surface area contributed by atoms with Gasteiger partial charge in [0.25, 0.3) is 0 Å². The van der Waals surface area contributed by atoms with Gasteiger partial charge < -0.3 is 9.30 Å². The van der Waals surface area contributed by atoms with E-state index >= 15 is 0 Å². The number of hydrogen-bond acceptors (Lipinski definition) is 2. The Kier molecular flexibility index (Phi) is 5.38. The summed E-state index contributed by atoms with van der Waals surface area (Å²) in [6.45, 7) is 0.610. The minimum Gasteiger partial charge on any atom is -0.497 e. The molecule has 0 saturated carbocycles. The highest BCUT2D eigenvalue weighted by Gasteiger charge is 2.11. The lowest BCUT2D eigenvalue weighted by atomic mass is 10.2. The molecule has 0 bridgehead atoms. The molecule has 4 rings (SSSR count). The second kappa shape index (κ2) is 8.09. The van der Waals surface area contributed by atoms with Crippen molar-refractivity contribution >= 4 is 46.4 Å². The molecule has 0 spiro atoms. The van der Waals surface area contributed by atoms with Crippen molar-refractivity contribution in [3.8, 4) is 5.75 Å². The maximum absolute atomic E-state index is 6.40. The zero-order chi connectivity index (χ0) is 19.5. The molecule has 0 fully saturated rings. The van der Waals surface area contributed by atoms with Crippen LogP contribution in [0.5, 0.6) is 5.75 Å². The van der Waals surface area contributed by atoms with Gasteiger partial charge in [0.1, 0.15) is 11.6 Å². The van der Waals surface area contributed by atoms with Gasteiger partial charge in [0, 0.05) is 10.0 Å². The van der Waals surface area contributed by atoms with Crippen LogP contribution in [0.15, 0.2) is 66.7 Å². The van der Waals surface area contributed by atoms with E-state index in [-0.39, 0.29) is 0 Å². The highest BCUT2D eigenvalue weighted by atomic mass is 35.5. The largest absolute Gasteiger partial charge is 0.497 e. The maximum atomic E-state index is 6.40. The standard InChI is InChI=1S/C23H18Cl2N2O/c1-28-19-11-6-16(7-12-19)8-13-23-26-21-4-2-3-5-22(21)27(23)15-17-9-10-18(24)14-20(17)25/h2-14H,15H2,1H3/b13-8+. The maximum Gasteiger partial charge on any atom is 0.134 e. The van der Waals surface area contributed by atoms with Crippen LogP contribution in [0.2, 0.25) is 10.0 Å². The van der Waals surface area contributed by atoms with Gasteiger partial charge in [-0.05, 0) is 53.6 Å². The Morgan fingerprint density at radius 2 is 1.75 bits per heavy atom. The quantitative estimate of drug-likeness (QED) is 0.373. The predicted molar refractivity (Wildman–Crippen MR) is 117 cm³/mol. The molecule has 0 saturated heterocycles. The normalized spacial score (nSPS) is 11.4. The molecule has 0 aliphatic rings. The Hall–Kier alpha value is -2.75. The number of nitrogens with zero attached hydrogens (tertiary/aromatic N) is 2. The van der Waals surface area contributed by atoms with Gasteiger partial charge in [0.2, 0.25) is 0 Å². The Morgan fingerprint density at radius 3 is 2.50 bits per heavy atom. The first-order chi connectivity index (χ1) is 13.6. The topological polar surface area (TPSA) is 27.1 Å². The van der Waals surface area contributed by atoms with Crippen LogP contribution >= 0.6 is 23.2 Å². The van der Waals surface area contributed by atoms with Crippen molar-refractivity contribution < 1.29 is 4.74 Å². The van der Waals surface area contributed by atoms with Crippen molar-refractivity contribution in [3.05, 3.63) is 93.7 Å². The molecule has 28 heavy (non-hydrogen) atoms. The van der Waals surface area contributed by atoms with E-state index < -0.39 is 0 Å². The van der Waals surface area contributed by atoms with Crippen molar-refractivity contribution in [1.29, 1.82) is 0 Å². The average molecular weight is 409 g/mol. The number of fused-ring (bicyclic) bond motifs is 1. The van der Waals surface area contributed by atoms with Gasteiger partial charge in [-0.15, -0.1) is 0 Å². The summed E-state index contributed by atoms with van der Waals surface area (Å²) in [6, 6.07) is 21.6. The highest BCUT2D eigenvalue weighted by Crippen LogP contribution is 2.25. The van der Waals surface area contributed by atoms with Crippen LogP contribution < -0.4 is 4.74 Å². The van der Waals surface area contributed by atoms with Gasteiger partial charge in [-0.25, -0.2) is 4.98 Å². The fourth-order valence-electron chi connectivity index (χ4n) is 3.09. The van der Waals surface area contributed by atoms with Crippen LogP contribution in [0, 0.1) is 0 Å². The van der Waals surface area contributed by atoms with Gasteiger partial charge in [-0.1, -0.05) is 59.6 Å². The predicted octanol–water partition coefficient (Wildman–Crippen LogP) is 6.57. The zero-order valence-electron chi connectivity index (χ0n) is 15.3. The van der Waals surface area contributed by atoms with Gasteiger partial charge >= 0.3 is 0 Å². The Bertz CT molecular complexity index is 1150. The van der Waals surface area contributed by atoms with Gasteiger partial charge in [-0.3, -0.25) is 0 Å². The molecule has 4 aromatic rings. The van der Waals surface area contributed by atoms with Crippen molar-refractivity contribution in [2.45, 2.75) is 6.54 Å². The molecule has 0 N–H and O–H groups in total. The molecule has 0 atom stereocenters. The Labute approximate surface area is 173 Å². The molecule has 3 aromatic carbocycles. The average Bonchev–Trinajstić information content (AvgIpc) is 3.06. The molecule has 3 nitrogen and oxygen atoms in total. The minimum atomic E-state index is 0.610. The van der Waals surface area contributed by atoms with Crippen molar-refractivity contribution in [2.75, 3.05) is 7.11 Å². The third kappa shape index (κ3) is 3.91. The second-order valence-electron chi connectivity index (χ2n) is 6.39. The molecule has 0 aliphatic carbocycles. The molecule has 0 radical (unpaired) electrons. The van der Waals surface area contributed by atoms with E-state index in [1.165, 1.54) is 0 Å². The SMILES string of the molecule is COc1ccc(/C=C/c2nc3ccccc3n2Cc2ccc(Cl)cc2Cl)cc1. The van der Waals surface area contributed by atoms with E-state index in [1.54, 1.807) is 13.2 Å². The van der Waals surface area contributed by atoms with E-state index in [2.05, 4.69) is 10.6 Å². The molecule has 5 heteroatoms. The molecule has 0 aliphatic heterocycles. The number of benzene rings is 3. The molecular weight excluding hydrogens is 391 g/mol. The number of imidazole rings is 1. The monoisotopic (exact) mass is 408 g/mol.